The highest BCUT2D eigenvalue weighted by molar-refractivity contribution is 7.81. The van der Waals surface area contributed by atoms with Crippen LogP contribution < -0.4 is 0 Å². The van der Waals surface area contributed by atoms with Crippen molar-refractivity contribution in [1.82, 2.24) is 14.8 Å². The molecule has 29 heavy (non-hydrogen) atoms. The molecule has 6 nitrogen and oxygen atoms in total. The number of allylic oxidation sites excluding steroid dienone is 3. The summed E-state index contributed by atoms with van der Waals surface area (Å²) in [6.07, 6.45) is 7.34. The smallest absolute Gasteiger partial charge is 0.295 e. The summed E-state index contributed by atoms with van der Waals surface area (Å²) in [7, 11) is 0. The maximum atomic E-state index is 14.1. The fourth-order valence-corrected chi connectivity index (χ4v) is 3.85. The number of hydrogen-bond donors (Lipinski definition) is 1. The maximum Gasteiger partial charge on any atom is 0.295 e. The number of ketones is 1. The highest BCUT2D eigenvalue weighted by Gasteiger charge is 2.31. The lowest BCUT2D eigenvalue weighted by Crippen LogP contribution is -2.52. The highest BCUT2D eigenvalue weighted by atomic mass is 32.1. The number of benzene rings is 1. The summed E-state index contributed by atoms with van der Waals surface area (Å²) >= 11 is 5.26. The third-order valence-electron chi connectivity index (χ3n) is 5.18. The van der Waals surface area contributed by atoms with Gasteiger partial charge < -0.3 is 14.8 Å². The zero-order valence-electron chi connectivity index (χ0n) is 15.5. The first-order valence-electron chi connectivity index (χ1n) is 9.26. The topological polar surface area (TPSA) is 73.5 Å². The number of aromatic nitrogens is 1. The normalized spacial score (nSPS) is 16.9. The molecule has 8 heteroatoms. The van der Waals surface area contributed by atoms with Gasteiger partial charge in [0.05, 0.1) is 11.1 Å². The molecule has 148 valence electrons. The molecule has 2 aromatic rings. The van der Waals surface area contributed by atoms with Gasteiger partial charge in [-0.25, -0.2) is 4.39 Å². The second-order valence-corrected chi connectivity index (χ2v) is 7.41. The van der Waals surface area contributed by atoms with Crippen molar-refractivity contribution in [1.29, 1.82) is 0 Å². The molecule has 1 fully saturated rings. The number of carbonyl (C=O) groups excluding carboxylic acids is 3. The van der Waals surface area contributed by atoms with Gasteiger partial charge in [0.25, 0.3) is 17.6 Å². The number of hydrogen-bond acceptors (Lipinski definition) is 4. The number of nitrogens with zero attached hydrogens (tertiary/aromatic N) is 2. The van der Waals surface area contributed by atoms with Crippen LogP contribution in [0.1, 0.15) is 16.8 Å². The average molecular weight is 411 g/mol. The molecule has 2 amide bonds. The van der Waals surface area contributed by atoms with Crippen LogP contribution in [0.2, 0.25) is 0 Å². The van der Waals surface area contributed by atoms with E-state index in [0.29, 0.717) is 35.5 Å². The maximum absolute atomic E-state index is 14.1. The van der Waals surface area contributed by atoms with Gasteiger partial charge in [0.15, 0.2) is 0 Å². The van der Waals surface area contributed by atoms with Gasteiger partial charge >= 0.3 is 0 Å². The summed E-state index contributed by atoms with van der Waals surface area (Å²) < 4.78 is 14.1. The Bertz CT molecular complexity index is 1090. The quantitative estimate of drug-likeness (QED) is 0.478. The largest absolute Gasteiger partial charge is 0.360 e. The molecule has 0 bridgehead atoms. The van der Waals surface area contributed by atoms with Gasteiger partial charge in [-0.3, -0.25) is 14.4 Å². The first-order valence-corrected chi connectivity index (χ1v) is 9.66. The van der Waals surface area contributed by atoms with Crippen LogP contribution in [0.3, 0.4) is 0 Å². The predicted molar refractivity (Wildman–Crippen MR) is 110 cm³/mol. The number of H-pyrrole nitrogens is 1. The molecule has 1 aromatic carbocycles. The predicted octanol–water partition coefficient (Wildman–Crippen LogP) is 2.42. The van der Waals surface area contributed by atoms with Crippen molar-refractivity contribution in [2.75, 3.05) is 26.2 Å². The van der Waals surface area contributed by atoms with E-state index in [1.807, 2.05) is 12.2 Å². The average Bonchev–Trinajstić information content (AvgIpc) is 3.18. The molecule has 0 atom stereocenters. The van der Waals surface area contributed by atoms with Gasteiger partial charge in [-0.05, 0) is 18.2 Å². The van der Waals surface area contributed by atoms with E-state index in [1.54, 1.807) is 17.0 Å². The number of rotatable bonds is 3. The van der Waals surface area contributed by atoms with E-state index in [-0.39, 0.29) is 29.9 Å². The van der Waals surface area contributed by atoms with Crippen molar-refractivity contribution in [3.8, 4) is 0 Å². The van der Waals surface area contributed by atoms with Crippen molar-refractivity contribution in [3.63, 3.8) is 0 Å². The lowest BCUT2D eigenvalue weighted by molar-refractivity contribution is -0.134. The Morgan fingerprint density at radius 1 is 1.07 bits per heavy atom. The zero-order valence-corrected chi connectivity index (χ0v) is 16.3. The Labute approximate surface area is 171 Å². The summed E-state index contributed by atoms with van der Waals surface area (Å²) in [6, 6.07) is 4.43. The van der Waals surface area contributed by atoms with E-state index in [1.165, 1.54) is 23.2 Å². The van der Waals surface area contributed by atoms with Crippen molar-refractivity contribution >= 4 is 45.6 Å². The second kappa shape index (κ2) is 7.71. The summed E-state index contributed by atoms with van der Waals surface area (Å²) in [4.78, 5) is 44.5. The molecule has 1 saturated heterocycles. The molecule has 0 unspecified atom stereocenters. The summed E-state index contributed by atoms with van der Waals surface area (Å²) in [5, 5.41) is 0.116. The third kappa shape index (κ3) is 3.51. The molecule has 1 aromatic heterocycles. The van der Waals surface area contributed by atoms with Gasteiger partial charge in [-0.1, -0.05) is 30.4 Å². The van der Waals surface area contributed by atoms with Crippen molar-refractivity contribution in [3.05, 3.63) is 59.6 Å². The fourth-order valence-electron chi connectivity index (χ4n) is 3.59. The monoisotopic (exact) mass is 411 g/mol. The highest BCUT2D eigenvalue weighted by Crippen LogP contribution is 2.23. The number of carbonyl (C=O) groups is 3. The van der Waals surface area contributed by atoms with E-state index >= 15 is 0 Å². The molecule has 1 aliphatic carbocycles. The first kappa shape index (κ1) is 19.2. The van der Waals surface area contributed by atoms with E-state index in [0.717, 1.165) is 0 Å². The number of nitrogens with one attached hydrogen (secondary N) is 1. The number of aromatic amines is 1. The van der Waals surface area contributed by atoms with Crippen LogP contribution in [-0.2, 0) is 9.59 Å². The van der Waals surface area contributed by atoms with Crippen LogP contribution in [0.4, 0.5) is 4.39 Å². The van der Waals surface area contributed by atoms with E-state index in [2.05, 4.69) is 4.98 Å². The van der Waals surface area contributed by atoms with Gasteiger partial charge in [0, 0.05) is 54.6 Å². The second-order valence-electron chi connectivity index (χ2n) is 6.91. The van der Waals surface area contributed by atoms with Crippen molar-refractivity contribution in [2.24, 2.45) is 0 Å². The molecule has 0 saturated carbocycles. The Morgan fingerprint density at radius 2 is 1.79 bits per heavy atom. The van der Waals surface area contributed by atoms with Crippen LogP contribution in [0.15, 0.2) is 48.2 Å². The van der Waals surface area contributed by atoms with E-state index in [9.17, 15) is 18.8 Å². The Kier molecular flexibility index (Phi) is 5.10. The van der Waals surface area contributed by atoms with Gasteiger partial charge in [0.2, 0.25) is 0 Å². The first-order chi connectivity index (χ1) is 14.0. The van der Waals surface area contributed by atoms with Gasteiger partial charge in [0.1, 0.15) is 5.82 Å². The fraction of sp³-hybridized carbons (Fsp3) is 0.238. The zero-order chi connectivity index (χ0) is 20.5. The molecule has 1 aliphatic heterocycles. The molecular formula is C21H18FN3O3S. The molecule has 0 spiro atoms. The minimum absolute atomic E-state index is 0.0195. The molecule has 2 aliphatic rings. The summed E-state index contributed by atoms with van der Waals surface area (Å²) in [5.74, 6) is -2.17. The number of thiocarbonyl (C=S) groups is 1. The van der Waals surface area contributed by atoms with Crippen LogP contribution >= 0.6 is 12.2 Å². The molecule has 1 N–H and O–H groups in total. The van der Waals surface area contributed by atoms with Crippen LogP contribution in [0.25, 0.3) is 10.9 Å². The number of halogens is 1. The molecular weight excluding hydrogens is 393 g/mol. The molecule has 2 heterocycles. The lowest BCUT2D eigenvalue weighted by Gasteiger charge is -2.35. The van der Waals surface area contributed by atoms with E-state index in [4.69, 9.17) is 12.2 Å². The minimum Gasteiger partial charge on any atom is -0.360 e. The number of amides is 2. The SMILES string of the molecule is O=C(C(=O)N1CCN(C(=O)C2=CC=CCC2=S)CC1)c1c[nH]c2cccc(F)c12. The van der Waals surface area contributed by atoms with Gasteiger partial charge in [-0.15, -0.1) is 0 Å². The van der Waals surface area contributed by atoms with Gasteiger partial charge in [-0.2, -0.15) is 0 Å². The Hall–Kier alpha value is -3.13. The van der Waals surface area contributed by atoms with Crippen molar-refractivity contribution < 1.29 is 18.8 Å². The summed E-state index contributed by atoms with van der Waals surface area (Å²) in [6.45, 7) is 1.08. The van der Waals surface area contributed by atoms with Crippen molar-refractivity contribution in [2.45, 2.75) is 6.42 Å². The van der Waals surface area contributed by atoms with Crippen LogP contribution in [-0.4, -0.2) is 63.4 Å². The summed E-state index contributed by atoms with van der Waals surface area (Å²) in [5.41, 5.74) is 0.987. The van der Waals surface area contributed by atoms with E-state index < -0.39 is 17.5 Å². The standard InChI is InChI=1S/C21H18FN3O3S/c22-15-5-3-6-16-18(15)14(12-23-16)19(26)21(28)25-10-8-24(9-11-25)20(27)13-4-1-2-7-17(13)29/h1-6,12,23H,7-11H2. The molecule has 0 radical (unpaired) electrons. The van der Waals surface area contributed by atoms with Crippen LogP contribution in [0, 0.1) is 5.82 Å². The number of fused-ring (bicyclic) bond motifs is 1. The Morgan fingerprint density at radius 3 is 2.52 bits per heavy atom. The lowest BCUT2D eigenvalue weighted by atomic mass is 10.0. The molecule has 4 rings (SSSR count). The number of piperazine rings is 1. The minimum atomic E-state index is -0.762. The Balaban J connectivity index is 1.44. The van der Waals surface area contributed by atoms with Crippen LogP contribution in [0.5, 0.6) is 0 Å². The number of Topliss-reactive ketones (excluding diaryl/α,β-unsaturated/α-hetero) is 1. The third-order valence-corrected chi connectivity index (χ3v) is 5.57.